The Morgan fingerprint density at radius 1 is 0.619 bits per heavy atom. The van der Waals surface area contributed by atoms with E-state index in [1.54, 1.807) is 0 Å². The first-order valence-electron chi connectivity index (χ1n) is 15.4. The Balaban J connectivity index is 1.31. The van der Waals surface area contributed by atoms with Gasteiger partial charge in [0.2, 0.25) is 0 Å². The summed E-state index contributed by atoms with van der Waals surface area (Å²) in [6.07, 6.45) is 4.42. The quantitative estimate of drug-likeness (QED) is 0.214. The number of hydrazine groups is 1. The zero-order valence-electron chi connectivity index (χ0n) is 23.9. The molecule has 42 heavy (non-hydrogen) atoms. The van der Waals surface area contributed by atoms with E-state index >= 15 is 0 Å². The predicted octanol–water partition coefficient (Wildman–Crippen LogP) is 5.37. The van der Waals surface area contributed by atoms with E-state index < -0.39 is 0 Å². The van der Waals surface area contributed by atoms with Crippen LogP contribution in [-0.4, -0.2) is 82.9 Å². The molecule has 6 heterocycles. The minimum Gasteiger partial charge on any atom is -0.351 e. The van der Waals surface area contributed by atoms with Crippen LogP contribution in [-0.2, 0) is 0 Å². The summed E-state index contributed by atoms with van der Waals surface area (Å²) >= 11 is 3.71. The highest BCUT2D eigenvalue weighted by molar-refractivity contribution is 8.15. The average Bonchev–Trinajstić information content (AvgIpc) is 3.86. The van der Waals surface area contributed by atoms with E-state index in [1.807, 2.05) is 23.5 Å². The van der Waals surface area contributed by atoms with Crippen molar-refractivity contribution in [1.82, 2.24) is 20.6 Å². The highest BCUT2D eigenvalue weighted by Crippen LogP contribution is 2.39. The lowest BCUT2D eigenvalue weighted by Crippen LogP contribution is -2.58. The molecule has 8 nitrogen and oxygen atoms in total. The Bertz CT molecular complexity index is 1520. The van der Waals surface area contributed by atoms with Gasteiger partial charge < -0.3 is 20.6 Å². The molecule has 4 aromatic rings. The summed E-state index contributed by atoms with van der Waals surface area (Å²) < 4.78 is 0. The van der Waals surface area contributed by atoms with Crippen molar-refractivity contribution in [2.45, 2.75) is 37.8 Å². The second kappa shape index (κ2) is 11.6. The number of para-hydroxylation sites is 2. The topological polar surface area (TPSA) is 86.8 Å². The molecule has 4 aliphatic heterocycles. The number of H-pyrrole nitrogens is 2. The Hall–Kier alpha value is -2.92. The number of piperidine rings is 2. The fraction of sp³-hybridized carbons (Fsp3) is 0.438. The lowest BCUT2D eigenvalue weighted by Gasteiger charge is -2.49. The van der Waals surface area contributed by atoms with Crippen molar-refractivity contribution in [3.8, 4) is 0 Å². The van der Waals surface area contributed by atoms with Crippen LogP contribution in [0.5, 0.6) is 0 Å². The average molecular weight is 599 g/mol. The molecule has 4 aliphatic rings. The molecule has 2 aromatic heterocycles. The number of aliphatic imine (C=N–C) groups is 2. The molecule has 4 N–H and O–H groups in total. The number of nitrogens with zero attached hydrogens (tertiary/aromatic N) is 4. The summed E-state index contributed by atoms with van der Waals surface area (Å²) in [5.41, 5.74) is 7.21. The molecular formula is C32H38N8S2. The summed E-state index contributed by atoms with van der Waals surface area (Å²) in [7, 11) is 0. The largest absolute Gasteiger partial charge is 0.351 e. The molecule has 0 unspecified atom stereocenters. The zero-order chi connectivity index (χ0) is 27.9. The molecule has 2 fully saturated rings. The fourth-order valence-electron chi connectivity index (χ4n) is 6.97. The third kappa shape index (κ3) is 4.92. The maximum Gasteiger partial charge on any atom is 0.114 e. The third-order valence-corrected chi connectivity index (χ3v) is 11.0. The first-order valence-corrected chi connectivity index (χ1v) is 17.4. The number of aromatic amines is 2. The van der Waals surface area contributed by atoms with E-state index in [2.05, 4.69) is 79.2 Å². The van der Waals surface area contributed by atoms with Crippen molar-refractivity contribution in [3.63, 3.8) is 0 Å². The number of thioether (sulfide) groups is 2. The summed E-state index contributed by atoms with van der Waals surface area (Å²) in [4.78, 5) is 17.2. The van der Waals surface area contributed by atoms with Gasteiger partial charge in [-0.15, -0.1) is 23.5 Å². The Morgan fingerprint density at radius 2 is 1.07 bits per heavy atom. The summed E-state index contributed by atoms with van der Waals surface area (Å²) in [6, 6.07) is 19.0. The lowest BCUT2D eigenvalue weighted by atomic mass is 10.0. The molecule has 10 heteroatoms. The van der Waals surface area contributed by atoms with Gasteiger partial charge in [-0.1, -0.05) is 24.3 Å². The van der Waals surface area contributed by atoms with Crippen molar-refractivity contribution >= 4 is 66.8 Å². The van der Waals surface area contributed by atoms with Gasteiger partial charge in [-0.2, -0.15) is 0 Å². The molecule has 0 radical (unpaired) electrons. The van der Waals surface area contributed by atoms with E-state index in [0.29, 0.717) is 12.1 Å². The molecule has 0 aliphatic carbocycles. The predicted molar refractivity (Wildman–Crippen MR) is 181 cm³/mol. The summed E-state index contributed by atoms with van der Waals surface area (Å²) in [5, 5.41) is 17.4. The van der Waals surface area contributed by atoms with Crippen molar-refractivity contribution in [2.75, 3.05) is 60.8 Å². The number of fused-ring (bicyclic) bond motifs is 2. The van der Waals surface area contributed by atoms with E-state index in [9.17, 15) is 0 Å². The number of aromatic nitrogens is 2. The van der Waals surface area contributed by atoms with Gasteiger partial charge in [-0.05, 0) is 76.1 Å². The minimum absolute atomic E-state index is 0.385. The Labute approximate surface area is 255 Å². The number of benzene rings is 2. The van der Waals surface area contributed by atoms with Gasteiger partial charge in [-0.25, -0.2) is 0 Å². The third-order valence-electron chi connectivity index (χ3n) is 8.94. The van der Waals surface area contributed by atoms with Crippen LogP contribution in [0.15, 0.2) is 58.5 Å². The highest BCUT2D eigenvalue weighted by atomic mass is 32.2. The van der Waals surface area contributed by atoms with Crippen LogP contribution in [0.2, 0.25) is 0 Å². The van der Waals surface area contributed by atoms with Crippen molar-refractivity contribution < 1.29 is 0 Å². The number of hydrogen-bond donors (Lipinski definition) is 4. The molecule has 0 spiro atoms. The van der Waals surface area contributed by atoms with Gasteiger partial charge in [0.05, 0.1) is 45.9 Å². The van der Waals surface area contributed by atoms with Crippen molar-refractivity contribution in [3.05, 3.63) is 59.9 Å². The van der Waals surface area contributed by atoms with Crippen LogP contribution in [0.4, 0.5) is 11.4 Å². The van der Waals surface area contributed by atoms with Crippen LogP contribution in [0.3, 0.4) is 0 Å². The maximum absolute atomic E-state index is 4.78. The molecule has 0 atom stereocenters. The lowest BCUT2D eigenvalue weighted by molar-refractivity contribution is 0.372. The standard InChI is InChI=1S/C32H38N8S2/c1-3-21-19-25(31-35-15-17-41-31)37-29(21)27(5-1)39(23-7-11-33-12-8-23)40(24-9-13-34-14-10-24)28-6-2-4-22-20-26(38-30(22)28)32-36-16-18-42-32/h1-6,19-20,23-24,33-34,37-38H,7-18H2. The van der Waals surface area contributed by atoms with Gasteiger partial charge in [0, 0.05) is 35.4 Å². The Morgan fingerprint density at radius 3 is 1.48 bits per heavy atom. The smallest absolute Gasteiger partial charge is 0.114 e. The Kier molecular flexibility index (Phi) is 7.39. The van der Waals surface area contributed by atoms with Crippen LogP contribution in [0.1, 0.15) is 37.1 Å². The minimum atomic E-state index is 0.385. The van der Waals surface area contributed by atoms with Gasteiger partial charge >= 0.3 is 0 Å². The fourth-order valence-corrected chi connectivity index (χ4v) is 8.62. The maximum atomic E-state index is 4.78. The number of hydrogen-bond acceptors (Lipinski definition) is 8. The second-order valence-electron chi connectivity index (χ2n) is 11.6. The normalized spacial score (nSPS) is 20.4. The van der Waals surface area contributed by atoms with Crippen LogP contribution in [0.25, 0.3) is 21.8 Å². The summed E-state index contributed by atoms with van der Waals surface area (Å²) in [5.74, 6) is 2.13. The van der Waals surface area contributed by atoms with Crippen molar-refractivity contribution in [2.24, 2.45) is 9.98 Å². The van der Waals surface area contributed by atoms with E-state index in [4.69, 9.17) is 9.98 Å². The molecule has 2 saturated heterocycles. The number of nitrogens with one attached hydrogen (secondary N) is 4. The van der Waals surface area contributed by atoms with Gasteiger partial charge in [0.15, 0.2) is 0 Å². The SMILES string of the molecule is c1cc(N(C2CCNCC2)N(c2cccc3cc(C4=NCCS4)[nH]c23)C2CCNCC2)c2[nH]c(C3=NCCS3)cc2c1. The van der Waals surface area contributed by atoms with E-state index in [-0.39, 0.29) is 0 Å². The molecule has 0 bridgehead atoms. The van der Waals surface area contributed by atoms with Gasteiger partial charge in [0.25, 0.3) is 0 Å². The van der Waals surface area contributed by atoms with Gasteiger partial charge in [-0.3, -0.25) is 20.0 Å². The molecular weight excluding hydrogens is 561 g/mol. The molecule has 0 amide bonds. The molecule has 8 rings (SSSR count). The van der Waals surface area contributed by atoms with Gasteiger partial charge in [0.1, 0.15) is 10.1 Å². The first kappa shape index (κ1) is 26.7. The van der Waals surface area contributed by atoms with Crippen molar-refractivity contribution in [1.29, 1.82) is 0 Å². The molecule has 0 saturated carbocycles. The van der Waals surface area contributed by atoms with Crippen LogP contribution >= 0.6 is 23.5 Å². The molecule has 2 aromatic carbocycles. The monoisotopic (exact) mass is 598 g/mol. The first-order chi connectivity index (χ1) is 20.8. The van der Waals surface area contributed by atoms with E-state index in [0.717, 1.165) is 97.9 Å². The highest BCUT2D eigenvalue weighted by Gasteiger charge is 2.35. The van der Waals surface area contributed by atoms with Crippen LogP contribution in [0, 0.1) is 0 Å². The van der Waals surface area contributed by atoms with E-state index in [1.165, 1.54) is 33.2 Å². The zero-order valence-corrected chi connectivity index (χ0v) is 25.5. The number of anilines is 2. The number of rotatable bonds is 7. The molecule has 218 valence electrons. The second-order valence-corrected chi connectivity index (χ2v) is 13.7. The summed E-state index contributed by atoms with van der Waals surface area (Å²) in [6.45, 7) is 5.95. The van der Waals surface area contributed by atoms with Crippen LogP contribution < -0.4 is 20.7 Å².